The van der Waals surface area contributed by atoms with Crippen LogP contribution in [0.25, 0.3) is 0 Å². The van der Waals surface area contributed by atoms with Gasteiger partial charge >= 0.3 is 0 Å². The van der Waals surface area contributed by atoms with Gasteiger partial charge in [-0.3, -0.25) is 9.59 Å². The smallest absolute Gasteiger partial charge is 0.256 e. The van der Waals surface area contributed by atoms with Crippen LogP contribution in [-0.4, -0.2) is 52.9 Å². The van der Waals surface area contributed by atoms with Gasteiger partial charge in [0.1, 0.15) is 0 Å². The number of benzene rings is 1. The number of carbonyl (C=O) groups is 2. The molecule has 5 nitrogen and oxygen atoms in total. The number of aliphatic hydroxyl groups is 1. The van der Waals surface area contributed by atoms with Crippen molar-refractivity contribution in [3.63, 3.8) is 0 Å². The molecular formula is C19H25ClN2O3. The highest BCUT2D eigenvalue weighted by molar-refractivity contribution is 6.31. The lowest BCUT2D eigenvalue weighted by Gasteiger charge is -2.47. The van der Waals surface area contributed by atoms with E-state index in [2.05, 4.69) is 0 Å². The van der Waals surface area contributed by atoms with Crippen LogP contribution in [0.3, 0.4) is 0 Å². The third kappa shape index (κ3) is 3.67. The summed E-state index contributed by atoms with van der Waals surface area (Å²) in [4.78, 5) is 28.2. The van der Waals surface area contributed by atoms with Gasteiger partial charge < -0.3 is 14.9 Å². The van der Waals surface area contributed by atoms with Gasteiger partial charge in [-0.1, -0.05) is 29.8 Å². The summed E-state index contributed by atoms with van der Waals surface area (Å²) < 4.78 is 0. The summed E-state index contributed by atoms with van der Waals surface area (Å²) in [5, 5.41) is 10.8. The van der Waals surface area contributed by atoms with Crippen LogP contribution >= 0.6 is 11.6 Å². The molecule has 1 aromatic carbocycles. The summed E-state index contributed by atoms with van der Waals surface area (Å²) >= 11 is 6.10. The highest BCUT2D eigenvalue weighted by Gasteiger charge is 2.42. The number of nitrogens with zero attached hydrogens (tertiary/aromatic N) is 2. The van der Waals surface area contributed by atoms with Gasteiger partial charge in [-0.2, -0.15) is 0 Å². The normalized spacial score (nSPS) is 21.5. The molecule has 2 aliphatic heterocycles. The summed E-state index contributed by atoms with van der Waals surface area (Å²) in [6.45, 7) is 4.78. The number of piperidine rings is 2. The lowest BCUT2D eigenvalue weighted by Crippen LogP contribution is -2.52. The molecule has 0 unspecified atom stereocenters. The Bertz CT molecular complexity index is 656. The Labute approximate surface area is 153 Å². The number of hydrogen-bond acceptors (Lipinski definition) is 3. The van der Waals surface area contributed by atoms with E-state index in [9.17, 15) is 14.7 Å². The van der Waals surface area contributed by atoms with E-state index in [1.165, 1.54) is 0 Å². The number of carbonyl (C=O) groups excluding carboxylic acids is 2. The predicted octanol–water partition coefficient (Wildman–Crippen LogP) is 2.62. The molecule has 1 aromatic rings. The van der Waals surface area contributed by atoms with Crippen molar-refractivity contribution >= 4 is 23.4 Å². The molecule has 2 heterocycles. The van der Waals surface area contributed by atoms with Gasteiger partial charge in [0.25, 0.3) is 5.91 Å². The average molecular weight is 365 g/mol. The SMILES string of the molecule is CCN1CC2(CCC1=O)CCN(C(=O)[C@@H](O)c1ccccc1Cl)CC2. The maximum atomic E-state index is 12.6. The molecule has 0 bridgehead atoms. The first kappa shape index (κ1) is 18.2. The molecule has 1 spiro atoms. The zero-order chi connectivity index (χ0) is 18.0. The highest BCUT2D eigenvalue weighted by Crippen LogP contribution is 2.40. The number of amides is 2. The van der Waals surface area contributed by atoms with Crippen molar-refractivity contribution in [3.8, 4) is 0 Å². The van der Waals surface area contributed by atoms with Crippen LogP contribution in [-0.2, 0) is 9.59 Å². The summed E-state index contributed by atoms with van der Waals surface area (Å²) in [5.74, 6) is -0.0528. The Balaban J connectivity index is 1.63. The quantitative estimate of drug-likeness (QED) is 0.896. The third-order valence-corrected chi connectivity index (χ3v) is 6.04. The zero-order valence-corrected chi connectivity index (χ0v) is 15.3. The second-order valence-electron chi connectivity index (χ2n) is 7.16. The van der Waals surface area contributed by atoms with Crippen LogP contribution in [0, 0.1) is 5.41 Å². The molecule has 6 heteroatoms. The van der Waals surface area contributed by atoms with Crippen LogP contribution < -0.4 is 0 Å². The first-order chi connectivity index (χ1) is 12.0. The fourth-order valence-corrected chi connectivity index (χ4v) is 4.24. The Kier molecular flexibility index (Phi) is 5.35. The summed E-state index contributed by atoms with van der Waals surface area (Å²) in [6.07, 6.45) is 2.03. The van der Waals surface area contributed by atoms with E-state index in [4.69, 9.17) is 11.6 Å². The summed E-state index contributed by atoms with van der Waals surface area (Å²) in [6, 6.07) is 6.90. The Morgan fingerprint density at radius 1 is 1.28 bits per heavy atom. The van der Waals surface area contributed by atoms with Crippen LogP contribution in [0.2, 0.25) is 5.02 Å². The summed E-state index contributed by atoms with van der Waals surface area (Å²) in [7, 11) is 0. The van der Waals surface area contributed by atoms with E-state index >= 15 is 0 Å². The van der Waals surface area contributed by atoms with E-state index in [0.717, 1.165) is 32.4 Å². The largest absolute Gasteiger partial charge is 0.378 e. The van der Waals surface area contributed by atoms with Gasteiger partial charge in [-0.25, -0.2) is 0 Å². The molecule has 2 aliphatic rings. The van der Waals surface area contributed by atoms with Crippen molar-refractivity contribution in [2.24, 2.45) is 5.41 Å². The minimum absolute atomic E-state index is 0.121. The molecule has 0 aromatic heterocycles. The predicted molar refractivity (Wildman–Crippen MR) is 96.1 cm³/mol. The summed E-state index contributed by atoms with van der Waals surface area (Å²) in [5.41, 5.74) is 0.575. The molecular weight excluding hydrogens is 340 g/mol. The van der Waals surface area contributed by atoms with Crippen molar-refractivity contribution in [1.82, 2.24) is 9.80 Å². The van der Waals surface area contributed by atoms with Crippen LogP contribution in [0.1, 0.15) is 44.3 Å². The zero-order valence-electron chi connectivity index (χ0n) is 14.6. The van der Waals surface area contributed by atoms with E-state index < -0.39 is 6.10 Å². The van der Waals surface area contributed by atoms with Crippen molar-refractivity contribution in [2.75, 3.05) is 26.2 Å². The van der Waals surface area contributed by atoms with Gasteiger partial charge in [0, 0.05) is 43.2 Å². The molecule has 0 radical (unpaired) electrons. The van der Waals surface area contributed by atoms with Crippen molar-refractivity contribution in [1.29, 1.82) is 0 Å². The van der Waals surface area contributed by atoms with E-state index in [1.54, 1.807) is 29.2 Å². The Morgan fingerprint density at radius 3 is 2.60 bits per heavy atom. The molecule has 2 amide bonds. The Morgan fingerprint density at radius 2 is 1.96 bits per heavy atom. The molecule has 2 saturated heterocycles. The van der Waals surface area contributed by atoms with Gasteiger partial charge in [-0.15, -0.1) is 0 Å². The minimum Gasteiger partial charge on any atom is -0.378 e. The molecule has 2 fully saturated rings. The number of likely N-dealkylation sites (tertiary alicyclic amines) is 2. The lowest BCUT2D eigenvalue weighted by atomic mass is 9.72. The molecule has 0 aliphatic carbocycles. The topological polar surface area (TPSA) is 60.9 Å². The van der Waals surface area contributed by atoms with Crippen LogP contribution in [0.15, 0.2) is 24.3 Å². The second-order valence-corrected chi connectivity index (χ2v) is 7.56. The average Bonchev–Trinajstić information content (AvgIpc) is 2.64. The number of aliphatic hydroxyl groups excluding tert-OH is 1. The molecule has 3 rings (SSSR count). The second kappa shape index (κ2) is 7.34. The first-order valence-electron chi connectivity index (χ1n) is 8.95. The number of hydrogen-bond donors (Lipinski definition) is 1. The minimum atomic E-state index is -1.22. The number of halogens is 1. The molecule has 25 heavy (non-hydrogen) atoms. The van der Waals surface area contributed by atoms with E-state index in [1.807, 2.05) is 11.8 Å². The van der Waals surface area contributed by atoms with Gasteiger partial charge in [0.05, 0.1) is 0 Å². The Hall–Kier alpha value is -1.59. The third-order valence-electron chi connectivity index (χ3n) is 5.70. The molecule has 1 atom stereocenters. The van der Waals surface area contributed by atoms with Crippen molar-refractivity contribution in [3.05, 3.63) is 34.9 Å². The van der Waals surface area contributed by atoms with Gasteiger partial charge in [-0.05, 0) is 37.7 Å². The van der Waals surface area contributed by atoms with Crippen molar-refractivity contribution < 1.29 is 14.7 Å². The molecule has 0 saturated carbocycles. The first-order valence-corrected chi connectivity index (χ1v) is 9.33. The standard InChI is InChI=1S/C19H25ClN2O3/c1-2-21-13-19(8-7-16(21)23)9-11-22(12-10-19)18(25)17(24)14-5-3-4-6-15(14)20/h3-6,17,24H,2,7-13H2,1H3/t17-/m0/s1. The monoisotopic (exact) mass is 364 g/mol. The maximum Gasteiger partial charge on any atom is 0.256 e. The fourth-order valence-electron chi connectivity index (χ4n) is 4.00. The highest BCUT2D eigenvalue weighted by atomic mass is 35.5. The van der Waals surface area contributed by atoms with Gasteiger partial charge in [0.15, 0.2) is 6.10 Å². The van der Waals surface area contributed by atoms with Crippen LogP contribution in [0.4, 0.5) is 0 Å². The van der Waals surface area contributed by atoms with E-state index in [0.29, 0.717) is 30.1 Å². The van der Waals surface area contributed by atoms with Crippen molar-refractivity contribution in [2.45, 2.75) is 38.7 Å². The van der Waals surface area contributed by atoms with Gasteiger partial charge in [0.2, 0.25) is 5.91 Å². The fraction of sp³-hybridized carbons (Fsp3) is 0.579. The lowest BCUT2D eigenvalue weighted by molar-refractivity contribution is -0.147. The maximum absolute atomic E-state index is 12.6. The number of rotatable bonds is 3. The van der Waals surface area contributed by atoms with E-state index in [-0.39, 0.29) is 17.2 Å². The molecule has 1 N–H and O–H groups in total. The van der Waals surface area contributed by atoms with Crippen LogP contribution in [0.5, 0.6) is 0 Å². The molecule has 136 valence electrons.